The third-order valence-electron chi connectivity index (χ3n) is 3.34. The molecule has 0 saturated heterocycles. The Labute approximate surface area is 114 Å². The Kier molecular flexibility index (Phi) is 3.83. The van der Waals surface area contributed by atoms with Gasteiger partial charge in [0.15, 0.2) is 0 Å². The van der Waals surface area contributed by atoms with Crippen LogP contribution in [-0.2, 0) is 9.53 Å². The second-order valence-corrected chi connectivity index (χ2v) is 6.10. The van der Waals surface area contributed by atoms with E-state index in [1.165, 1.54) is 5.57 Å². The van der Waals surface area contributed by atoms with E-state index in [1.54, 1.807) is 4.90 Å². The monoisotopic (exact) mass is 266 g/mol. The largest absolute Gasteiger partial charge is 0.444 e. The van der Waals surface area contributed by atoms with Gasteiger partial charge in [-0.1, -0.05) is 0 Å². The minimum Gasteiger partial charge on any atom is -0.444 e. The van der Waals surface area contributed by atoms with E-state index in [2.05, 4.69) is 5.32 Å². The van der Waals surface area contributed by atoms with Crippen LogP contribution in [0.4, 0.5) is 4.79 Å². The summed E-state index contributed by atoms with van der Waals surface area (Å²) in [6.07, 6.45) is 2.66. The van der Waals surface area contributed by atoms with Gasteiger partial charge in [0.25, 0.3) is 0 Å². The fraction of sp³-hybridized carbons (Fsp3) is 0.714. The number of nitrogens with zero attached hydrogens (tertiary/aromatic N) is 1. The van der Waals surface area contributed by atoms with Gasteiger partial charge < -0.3 is 15.0 Å². The van der Waals surface area contributed by atoms with Crippen LogP contribution in [-0.4, -0.2) is 35.6 Å². The average Bonchev–Trinajstić information content (AvgIpc) is 2.48. The molecule has 0 radical (unpaired) electrons. The summed E-state index contributed by atoms with van der Waals surface area (Å²) < 4.78 is 5.39. The number of hydrogen-bond acceptors (Lipinski definition) is 3. The lowest BCUT2D eigenvalue weighted by Gasteiger charge is -2.26. The Morgan fingerprint density at radius 2 is 1.84 bits per heavy atom. The molecule has 1 N–H and O–H groups in total. The van der Waals surface area contributed by atoms with Crippen LogP contribution in [0.3, 0.4) is 0 Å². The molecule has 0 aromatic carbocycles. The summed E-state index contributed by atoms with van der Waals surface area (Å²) in [4.78, 5) is 25.1. The van der Waals surface area contributed by atoms with Gasteiger partial charge in [-0.05, 0) is 39.2 Å². The van der Waals surface area contributed by atoms with Crippen LogP contribution >= 0.6 is 0 Å². The highest BCUT2D eigenvalue weighted by molar-refractivity contribution is 5.79. The molecule has 2 rings (SSSR count). The molecule has 0 fully saturated rings. The summed E-state index contributed by atoms with van der Waals surface area (Å²) in [6, 6.07) is 0. The van der Waals surface area contributed by atoms with E-state index in [0.29, 0.717) is 25.9 Å². The van der Waals surface area contributed by atoms with E-state index < -0.39 is 5.60 Å². The summed E-state index contributed by atoms with van der Waals surface area (Å²) in [6.45, 7) is 6.88. The zero-order valence-corrected chi connectivity index (χ0v) is 11.9. The van der Waals surface area contributed by atoms with Crippen molar-refractivity contribution < 1.29 is 14.3 Å². The van der Waals surface area contributed by atoms with Gasteiger partial charge in [-0.15, -0.1) is 0 Å². The Morgan fingerprint density at radius 3 is 2.53 bits per heavy atom. The van der Waals surface area contributed by atoms with Crippen molar-refractivity contribution in [3.05, 3.63) is 11.3 Å². The fourth-order valence-electron chi connectivity index (χ4n) is 2.39. The molecule has 0 atom stereocenters. The minimum absolute atomic E-state index is 0.0875. The predicted molar refractivity (Wildman–Crippen MR) is 71.4 cm³/mol. The van der Waals surface area contributed by atoms with Crippen LogP contribution in [0.2, 0.25) is 0 Å². The number of rotatable bonds is 0. The first-order valence-corrected chi connectivity index (χ1v) is 6.84. The van der Waals surface area contributed by atoms with Gasteiger partial charge in [0.05, 0.1) is 0 Å². The van der Waals surface area contributed by atoms with Gasteiger partial charge >= 0.3 is 6.09 Å². The number of nitrogens with one attached hydrogen (secondary N) is 1. The topological polar surface area (TPSA) is 58.6 Å². The predicted octanol–water partition coefficient (Wildman–Crippen LogP) is 2.18. The Hall–Kier alpha value is -1.52. The van der Waals surface area contributed by atoms with E-state index in [0.717, 1.165) is 18.5 Å². The number of carbonyl (C=O) groups excluding carboxylic acids is 2. The van der Waals surface area contributed by atoms with Crippen molar-refractivity contribution in [2.45, 2.75) is 52.1 Å². The molecular weight excluding hydrogens is 244 g/mol. The first kappa shape index (κ1) is 13.9. The molecule has 5 nitrogen and oxygen atoms in total. The highest BCUT2D eigenvalue weighted by atomic mass is 16.6. The molecule has 2 aliphatic heterocycles. The van der Waals surface area contributed by atoms with E-state index in [9.17, 15) is 9.59 Å². The van der Waals surface area contributed by atoms with Crippen molar-refractivity contribution in [3.8, 4) is 0 Å². The SMILES string of the molecule is CC(C)(C)OC(=O)N1CCC2=C(CC1)NC(=O)CC2. The molecule has 0 unspecified atom stereocenters. The number of amides is 2. The second kappa shape index (κ2) is 5.23. The molecule has 0 spiro atoms. The first-order chi connectivity index (χ1) is 8.85. The van der Waals surface area contributed by atoms with Gasteiger partial charge in [-0.25, -0.2) is 4.79 Å². The normalized spacial score (nSPS) is 20.6. The Morgan fingerprint density at radius 1 is 1.16 bits per heavy atom. The van der Waals surface area contributed by atoms with Crippen LogP contribution in [0.5, 0.6) is 0 Å². The Bertz CT molecular complexity index is 421. The molecule has 0 aromatic rings. The zero-order chi connectivity index (χ0) is 14.0. The highest BCUT2D eigenvalue weighted by Crippen LogP contribution is 2.25. The van der Waals surface area contributed by atoms with Gasteiger partial charge in [-0.2, -0.15) is 0 Å². The standard InChI is InChI=1S/C14H22N2O3/c1-14(2,3)19-13(18)16-8-6-10-4-5-12(17)15-11(10)7-9-16/h4-9H2,1-3H3,(H,15,17). The van der Waals surface area contributed by atoms with Crippen molar-refractivity contribution in [3.63, 3.8) is 0 Å². The lowest BCUT2D eigenvalue weighted by atomic mass is 10.00. The molecule has 19 heavy (non-hydrogen) atoms. The second-order valence-electron chi connectivity index (χ2n) is 6.10. The average molecular weight is 266 g/mol. The molecular formula is C14H22N2O3. The maximum absolute atomic E-state index is 12.0. The van der Waals surface area contributed by atoms with Crippen LogP contribution in [0.15, 0.2) is 11.3 Å². The molecule has 2 heterocycles. The maximum atomic E-state index is 12.0. The van der Waals surface area contributed by atoms with Crippen LogP contribution in [0.1, 0.15) is 46.5 Å². The molecule has 0 saturated carbocycles. The molecule has 5 heteroatoms. The van der Waals surface area contributed by atoms with E-state index in [-0.39, 0.29) is 12.0 Å². The quantitative estimate of drug-likeness (QED) is 0.731. The Balaban J connectivity index is 1.96. The third-order valence-corrected chi connectivity index (χ3v) is 3.34. The van der Waals surface area contributed by atoms with Crippen molar-refractivity contribution in [2.24, 2.45) is 0 Å². The van der Waals surface area contributed by atoms with Crippen molar-refractivity contribution in [2.75, 3.05) is 13.1 Å². The van der Waals surface area contributed by atoms with Crippen LogP contribution in [0, 0.1) is 0 Å². The van der Waals surface area contributed by atoms with Crippen LogP contribution in [0.25, 0.3) is 0 Å². The summed E-state index contributed by atoms with van der Waals surface area (Å²) >= 11 is 0. The molecule has 2 amide bonds. The lowest BCUT2D eigenvalue weighted by molar-refractivity contribution is -0.120. The molecule has 0 aliphatic carbocycles. The third kappa shape index (κ3) is 3.72. The number of ether oxygens (including phenoxy) is 1. The summed E-state index contributed by atoms with van der Waals surface area (Å²) in [5, 5.41) is 2.93. The summed E-state index contributed by atoms with van der Waals surface area (Å²) in [7, 11) is 0. The van der Waals surface area contributed by atoms with Gasteiger partial charge in [0, 0.05) is 31.6 Å². The van der Waals surface area contributed by atoms with Crippen molar-refractivity contribution >= 4 is 12.0 Å². The van der Waals surface area contributed by atoms with Crippen molar-refractivity contribution in [1.29, 1.82) is 0 Å². The summed E-state index contributed by atoms with van der Waals surface area (Å²) in [5.41, 5.74) is 1.83. The maximum Gasteiger partial charge on any atom is 0.410 e. The fourth-order valence-corrected chi connectivity index (χ4v) is 2.39. The van der Waals surface area contributed by atoms with Crippen molar-refractivity contribution in [1.82, 2.24) is 10.2 Å². The number of hydrogen-bond donors (Lipinski definition) is 1. The molecule has 106 valence electrons. The zero-order valence-electron chi connectivity index (χ0n) is 11.9. The van der Waals surface area contributed by atoms with Gasteiger partial charge in [-0.3, -0.25) is 4.79 Å². The summed E-state index contributed by atoms with van der Waals surface area (Å²) in [5.74, 6) is 0.0875. The van der Waals surface area contributed by atoms with Gasteiger partial charge in [0.1, 0.15) is 5.60 Å². The molecule has 2 aliphatic rings. The molecule has 0 bridgehead atoms. The number of carbonyl (C=O) groups is 2. The minimum atomic E-state index is -0.468. The van der Waals surface area contributed by atoms with Crippen LogP contribution < -0.4 is 5.32 Å². The smallest absolute Gasteiger partial charge is 0.410 e. The first-order valence-electron chi connectivity index (χ1n) is 6.84. The molecule has 0 aromatic heterocycles. The van der Waals surface area contributed by atoms with Gasteiger partial charge in [0.2, 0.25) is 5.91 Å². The van der Waals surface area contributed by atoms with E-state index >= 15 is 0 Å². The van der Waals surface area contributed by atoms with E-state index in [1.807, 2.05) is 20.8 Å². The highest BCUT2D eigenvalue weighted by Gasteiger charge is 2.27. The lowest BCUT2D eigenvalue weighted by Crippen LogP contribution is -2.37. The van der Waals surface area contributed by atoms with E-state index in [4.69, 9.17) is 4.74 Å².